The van der Waals surface area contributed by atoms with Crippen LogP contribution in [0.3, 0.4) is 0 Å². The fourth-order valence-corrected chi connectivity index (χ4v) is 6.17. The quantitative estimate of drug-likeness (QED) is 0.594. The summed E-state index contributed by atoms with van der Waals surface area (Å²) < 4.78 is 30.8. The number of hydrogen-bond donors (Lipinski definition) is 3. The molecule has 2 fully saturated rings. The number of aliphatic hydroxyl groups is 2. The fourth-order valence-electron chi connectivity index (χ4n) is 6.17. The van der Waals surface area contributed by atoms with Gasteiger partial charge >= 0.3 is 0 Å². The van der Waals surface area contributed by atoms with Crippen LogP contribution in [0.4, 0.5) is 8.78 Å². The molecule has 9 atom stereocenters. The van der Waals surface area contributed by atoms with Gasteiger partial charge in [-0.05, 0) is 49.0 Å². The van der Waals surface area contributed by atoms with Gasteiger partial charge in [0.25, 0.3) is 0 Å². The molecule has 0 saturated heterocycles. The number of allylic oxidation sites excluding steroid dienone is 3. The Morgan fingerprint density at radius 1 is 1.25 bits per heavy atom. The van der Waals surface area contributed by atoms with Crippen molar-refractivity contribution in [1.82, 2.24) is 0 Å². The summed E-state index contributed by atoms with van der Waals surface area (Å²) in [6, 6.07) is -0.603. The summed E-state index contributed by atoms with van der Waals surface area (Å²) in [7, 11) is 0. The van der Waals surface area contributed by atoms with Crippen LogP contribution in [0.1, 0.15) is 39.5 Å². The van der Waals surface area contributed by atoms with Crippen molar-refractivity contribution >= 4 is 0 Å². The first kappa shape index (κ1) is 16.5. The molecule has 0 radical (unpaired) electrons. The van der Waals surface area contributed by atoms with Crippen molar-refractivity contribution < 1.29 is 19.0 Å². The van der Waals surface area contributed by atoms with E-state index in [9.17, 15) is 14.6 Å². The molecular formula is C19H27F2NO2. The Balaban J connectivity index is 1.83. The van der Waals surface area contributed by atoms with Gasteiger partial charge in [0, 0.05) is 11.5 Å². The maximum absolute atomic E-state index is 16.5. The van der Waals surface area contributed by atoms with E-state index in [0.29, 0.717) is 12.8 Å². The lowest BCUT2D eigenvalue weighted by molar-refractivity contribution is -0.140. The first-order valence-corrected chi connectivity index (χ1v) is 9.00. The fraction of sp³-hybridized carbons (Fsp3) is 0.789. The average Bonchev–Trinajstić information content (AvgIpc) is 2.74. The van der Waals surface area contributed by atoms with Gasteiger partial charge in [0.15, 0.2) is 0 Å². The molecule has 0 aromatic heterocycles. The minimum Gasteiger partial charge on any atom is -0.512 e. The maximum atomic E-state index is 16.5. The van der Waals surface area contributed by atoms with Crippen molar-refractivity contribution in [3.8, 4) is 0 Å². The molecule has 1 unspecified atom stereocenters. The van der Waals surface area contributed by atoms with Crippen LogP contribution >= 0.6 is 0 Å². The number of fused-ring (bicyclic) bond motifs is 5. The van der Waals surface area contributed by atoms with Crippen LogP contribution in [-0.2, 0) is 0 Å². The molecule has 3 nitrogen and oxygen atoms in total. The normalized spacial score (nSPS) is 59.3. The van der Waals surface area contributed by atoms with Crippen LogP contribution < -0.4 is 5.73 Å². The highest BCUT2D eigenvalue weighted by atomic mass is 19.1. The highest BCUT2D eigenvalue weighted by molar-refractivity contribution is 5.33. The number of nitrogens with two attached hydrogens (primary N) is 1. The Morgan fingerprint density at radius 3 is 2.67 bits per heavy atom. The van der Waals surface area contributed by atoms with E-state index in [-0.39, 0.29) is 30.4 Å². The highest BCUT2D eigenvalue weighted by Gasteiger charge is 2.69. The molecule has 0 heterocycles. The lowest BCUT2D eigenvalue weighted by Crippen LogP contribution is -2.63. The van der Waals surface area contributed by atoms with E-state index in [1.54, 1.807) is 18.2 Å². The van der Waals surface area contributed by atoms with E-state index in [1.165, 1.54) is 0 Å². The minimum absolute atomic E-state index is 0.0275. The summed E-state index contributed by atoms with van der Waals surface area (Å²) in [6.07, 6.45) is 4.79. The van der Waals surface area contributed by atoms with Crippen molar-refractivity contribution in [1.29, 1.82) is 0 Å². The number of rotatable bonds is 0. The molecule has 0 amide bonds. The summed E-state index contributed by atoms with van der Waals surface area (Å²) in [5.74, 6) is -1.24. The Hall–Kier alpha value is -0.940. The predicted octanol–water partition coefficient (Wildman–Crippen LogP) is 3.20. The van der Waals surface area contributed by atoms with E-state index in [0.717, 1.165) is 0 Å². The average molecular weight is 339 g/mol. The molecule has 0 spiro atoms. The van der Waals surface area contributed by atoms with Crippen molar-refractivity contribution in [3.63, 3.8) is 0 Å². The van der Waals surface area contributed by atoms with Gasteiger partial charge in [0.2, 0.25) is 0 Å². The largest absolute Gasteiger partial charge is 0.512 e. The predicted molar refractivity (Wildman–Crippen MR) is 87.7 cm³/mol. The van der Waals surface area contributed by atoms with Crippen LogP contribution in [0.2, 0.25) is 0 Å². The van der Waals surface area contributed by atoms with Gasteiger partial charge in [-0.1, -0.05) is 26.0 Å². The van der Waals surface area contributed by atoms with E-state index in [4.69, 9.17) is 5.73 Å². The van der Waals surface area contributed by atoms with E-state index >= 15 is 4.39 Å². The van der Waals surface area contributed by atoms with Gasteiger partial charge in [-0.15, -0.1) is 0 Å². The minimum atomic E-state index is -1.64. The van der Waals surface area contributed by atoms with Crippen LogP contribution in [0, 0.1) is 28.6 Å². The summed E-state index contributed by atoms with van der Waals surface area (Å²) in [4.78, 5) is 0. The second-order valence-corrected chi connectivity index (χ2v) is 8.87. The van der Waals surface area contributed by atoms with Gasteiger partial charge in [-0.25, -0.2) is 8.78 Å². The Kier molecular flexibility index (Phi) is 3.32. The van der Waals surface area contributed by atoms with Crippen molar-refractivity contribution in [2.45, 2.75) is 63.5 Å². The number of alkyl halides is 2. The molecule has 4 aliphatic rings. The van der Waals surface area contributed by atoms with Crippen LogP contribution in [0.25, 0.3) is 0 Å². The molecule has 0 aliphatic heterocycles. The monoisotopic (exact) mass is 339 g/mol. The topological polar surface area (TPSA) is 66.5 Å². The van der Waals surface area contributed by atoms with Gasteiger partial charge < -0.3 is 15.9 Å². The van der Waals surface area contributed by atoms with E-state index in [2.05, 4.69) is 0 Å². The molecule has 134 valence electrons. The first-order chi connectivity index (χ1) is 11.1. The lowest BCUT2D eigenvalue weighted by Gasteiger charge is -2.60. The summed E-state index contributed by atoms with van der Waals surface area (Å²) >= 11 is 0. The summed E-state index contributed by atoms with van der Waals surface area (Å²) in [5.41, 5.74) is 3.20. The maximum Gasteiger partial charge on any atom is 0.130 e. The zero-order valence-electron chi connectivity index (χ0n) is 14.3. The summed E-state index contributed by atoms with van der Waals surface area (Å²) in [6.45, 7) is 3.82. The van der Waals surface area contributed by atoms with Crippen molar-refractivity contribution in [3.05, 3.63) is 24.0 Å². The van der Waals surface area contributed by atoms with Gasteiger partial charge in [0.1, 0.15) is 11.8 Å². The molecule has 5 heteroatoms. The number of halogens is 2. The number of aliphatic hydroxyl groups excluding tert-OH is 2. The van der Waals surface area contributed by atoms with Crippen molar-refractivity contribution in [2.75, 3.05) is 0 Å². The summed E-state index contributed by atoms with van der Waals surface area (Å²) in [5, 5.41) is 20.6. The van der Waals surface area contributed by atoms with Gasteiger partial charge in [0.05, 0.1) is 17.8 Å². The molecule has 0 bridgehead atoms. The second-order valence-electron chi connectivity index (χ2n) is 8.87. The molecule has 0 aromatic rings. The van der Waals surface area contributed by atoms with Gasteiger partial charge in [-0.3, -0.25) is 0 Å². The molecular weight excluding hydrogens is 312 g/mol. The number of hydrogen-bond acceptors (Lipinski definition) is 3. The third-order valence-electron chi connectivity index (χ3n) is 7.92. The molecule has 24 heavy (non-hydrogen) atoms. The van der Waals surface area contributed by atoms with Crippen LogP contribution in [0.5, 0.6) is 0 Å². The Labute approximate surface area is 141 Å². The Morgan fingerprint density at radius 2 is 1.96 bits per heavy atom. The standard InChI is InChI=1S/C19H27F2NO2/c1-17-5-6-19(21)15(12(17)9-13(20)16(17)22)14(24)8-10-7-11(23)3-4-18(10,19)2/h3-4,8,10-13,15-16,23-24H,5-7,9,22H2,1-2H3/t10?,11-,12+,13-,15-,16+,17+,18+,19+/m1/s1. The smallest absolute Gasteiger partial charge is 0.130 e. The van der Waals surface area contributed by atoms with Crippen LogP contribution in [-0.4, -0.2) is 34.2 Å². The SMILES string of the molecule is C[C@]12CC[C@]3(F)[C@@H](C(O)=CC4C[C@H](O)C=C[C@@]43C)[C@@H]1C[C@@H](F)[C@@H]2N. The molecule has 4 N–H and O–H groups in total. The van der Waals surface area contributed by atoms with E-state index in [1.807, 2.05) is 13.8 Å². The third kappa shape index (κ3) is 1.78. The Bertz CT molecular complexity index is 622. The third-order valence-corrected chi connectivity index (χ3v) is 7.92. The first-order valence-electron chi connectivity index (χ1n) is 9.00. The lowest BCUT2D eigenvalue weighted by atomic mass is 9.46. The zero-order chi connectivity index (χ0) is 17.5. The van der Waals surface area contributed by atoms with Crippen LogP contribution in [0.15, 0.2) is 24.0 Å². The molecule has 4 rings (SSSR count). The van der Waals surface area contributed by atoms with E-state index < -0.39 is 40.7 Å². The highest BCUT2D eigenvalue weighted by Crippen LogP contribution is 2.67. The second kappa shape index (κ2) is 4.82. The molecule has 0 aromatic carbocycles. The molecule has 2 saturated carbocycles. The molecule has 4 aliphatic carbocycles. The van der Waals surface area contributed by atoms with Gasteiger partial charge in [-0.2, -0.15) is 0 Å². The van der Waals surface area contributed by atoms with Crippen molar-refractivity contribution in [2.24, 2.45) is 34.3 Å². The zero-order valence-corrected chi connectivity index (χ0v) is 14.3.